The van der Waals surface area contributed by atoms with Crippen molar-refractivity contribution in [3.63, 3.8) is 0 Å². The maximum Gasteiger partial charge on any atom is 0.213 e. The van der Waals surface area contributed by atoms with Crippen molar-refractivity contribution in [2.75, 3.05) is 13.2 Å². The van der Waals surface area contributed by atoms with E-state index in [-0.39, 0.29) is 12.5 Å². The van der Waals surface area contributed by atoms with Gasteiger partial charge in [-0.05, 0) is 45.6 Å². The van der Waals surface area contributed by atoms with Gasteiger partial charge in [-0.3, -0.25) is 4.98 Å². The van der Waals surface area contributed by atoms with E-state index in [0.29, 0.717) is 12.5 Å². The Kier molecular flexibility index (Phi) is 24.5. The SMILES string of the molecule is C=C.CC.CC.CCC.CCOc1ccc(-c2nc(C)c(C[C@@H](C)CO)nc2C)c(CC)n1. The average Bonchev–Trinajstić information content (AvgIpc) is 2.85. The van der Waals surface area contributed by atoms with Crippen LogP contribution in [0.15, 0.2) is 25.3 Å². The molecule has 1 atom stereocenters. The highest BCUT2D eigenvalue weighted by Gasteiger charge is 2.15. The number of pyridine rings is 1. The lowest BCUT2D eigenvalue weighted by atomic mass is 10.0. The van der Waals surface area contributed by atoms with Crippen molar-refractivity contribution in [3.05, 3.63) is 48.1 Å². The van der Waals surface area contributed by atoms with Gasteiger partial charge >= 0.3 is 0 Å². The predicted octanol–water partition coefficient (Wildman–Crippen LogP) is 7.56. The van der Waals surface area contributed by atoms with Crippen LogP contribution in [0.5, 0.6) is 5.88 Å². The fourth-order valence-corrected chi connectivity index (χ4v) is 2.69. The van der Waals surface area contributed by atoms with Gasteiger partial charge in [0.05, 0.1) is 35.1 Å². The molecule has 190 valence electrons. The third-order valence-corrected chi connectivity index (χ3v) is 4.03. The van der Waals surface area contributed by atoms with Gasteiger partial charge in [0.15, 0.2) is 0 Å². The lowest BCUT2D eigenvalue weighted by Gasteiger charge is -2.15. The molecule has 2 heterocycles. The molecule has 0 radical (unpaired) electrons. The van der Waals surface area contributed by atoms with Gasteiger partial charge in [0.1, 0.15) is 0 Å². The molecule has 0 bridgehead atoms. The minimum atomic E-state index is 0.157. The summed E-state index contributed by atoms with van der Waals surface area (Å²) in [5.74, 6) is 0.829. The first-order valence-corrected chi connectivity index (χ1v) is 12.5. The van der Waals surface area contributed by atoms with Gasteiger partial charge in [-0.15, -0.1) is 13.2 Å². The Morgan fingerprint density at radius 2 is 1.42 bits per heavy atom. The van der Waals surface area contributed by atoms with E-state index in [1.54, 1.807) is 0 Å². The second-order valence-corrected chi connectivity index (χ2v) is 6.82. The van der Waals surface area contributed by atoms with E-state index in [2.05, 4.69) is 38.9 Å². The maximum atomic E-state index is 9.26. The summed E-state index contributed by atoms with van der Waals surface area (Å²) in [6, 6.07) is 3.90. The molecule has 0 saturated carbocycles. The molecule has 2 rings (SSSR count). The van der Waals surface area contributed by atoms with Crippen LogP contribution in [0.3, 0.4) is 0 Å². The molecule has 0 aromatic carbocycles. The van der Waals surface area contributed by atoms with E-state index in [1.165, 1.54) is 6.42 Å². The molecule has 0 aliphatic rings. The summed E-state index contributed by atoms with van der Waals surface area (Å²) >= 11 is 0. The summed E-state index contributed by atoms with van der Waals surface area (Å²) in [6.07, 6.45) is 2.79. The Morgan fingerprint density at radius 3 is 1.88 bits per heavy atom. The molecule has 0 spiro atoms. The molecule has 33 heavy (non-hydrogen) atoms. The Hall–Kier alpha value is -2.27. The van der Waals surface area contributed by atoms with E-state index in [0.717, 1.165) is 46.9 Å². The maximum absolute atomic E-state index is 9.26. The van der Waals surface area contributed by atoms with Crippen LogP contribution in [-0.2, 0) is 12.8 Å². The van der Waals surface area contributed by atoms with Crippen molar-refractivity contribution >= 4 is 0 Å². The first kappa shape index (κ1) is 35.3. The Morgan fingerprint density at radius 1 is 0.879 bits per heavy atom. The number of hydrogen-bond donors (Lipinski definition) is 1. The van der Waals surface area contributed by atoms with Gasteiger partial charge in [-0.2, -0.15) is 0 Å². The van der Waals surface area contributed by atoms with Crippen LogP contribution in [0.25, 0.3) is 11.3 Å². The largest absolute Gasteiger partial charge is 0.478 e. The van der Waals surface area contributed by atoms with Crippen molar-refractivity contribution < 1.29 is 9.84 Å². The first-order chi connectivity index (χ1) is 15.9. The zero-order valence-electron chi connectivity index (χ0n) is 23.4. The summed E-state index contributed by atoms with van der Waals surface area (Å²) in [4.78, 5) is 14.1. The number of aromatic nitrogens is 3. The molecule has 0 fully saturated rings. The van der Waals surface area contributed by atoms with Gasteiger partial charge in [0.2, 0.25) is 5.88 Å². The monoisotopic (exact) mass is 461 g/mol. The first-order valence-electron chi connectivity index (χ1n) is 12.5. The third kappa shape index (κ3) is 13.1. The van der Waals surface area contributed by atoms with Crippen LogP contribution < -0.4 is 4.74 Å². The summed E-state index contributed by atoms with van der Waals surface area (Å²) in [5, 5.41) is 9.26. The average molecular weight is 462 g/mol. The van der Waals surface area contributed by atoms with E-state index in [9.17, 15) is 5.11 Å². The number of aryl methyl sites for hydroxylation is 3. The van der Waals surface area contributed by atoms with Gasteiger partial charge in [0, 0.05) is 18.2 Å². The fraction of sp³-hybridized carbons (Fsp3) is 0.607. The van der Waals surface area contributed by atoms with Crippen molar-refractivity contribution in [1.29, 1.82) is 0 Å². The minimum Gasteiger partial charge on any atom is -0.478 e. The zero-order valence-corrected chi connectivity index (χ0v) is 23.4. The normalized spacial score (nSPS) is 9.94. The van der Waals surface area contributed by atoms with Crippen LogP contribution in [0.2, 0.25) is 0 Å². The Balaban J connectivity index is -0.000000882. The zero-order chi connectivity index (χ0) is 26.4. The molecule has 5 heteroatoms. The molecule has 0 amide bonds. The number of nitrogens with zero attached hydrogens (tertiary/aromatic N) is 3. The number of hydrogen-bond acceptors (Lipinski definition) is 5. The molecule has 5 nitrogen and oxygen atoms in total. The van der Waals surface area contributed by atoms with Gasteiger partial charge in [-0.25, -0.2) is 9.97 Å². The number of rotatable bonds is 7. The standard InChI is InChI=1S/C19H27N3O2.C3H8.2C2H6.C2H4/c1-6-16-15(8-9-18(22-16)24-7-2)19-14(5)20-17(13(4)21-19)10-12(3)11-23;1-3-2;3*1-2/h8-9,12,23H,6-7,10-11H2,1-5H3;3H2,1-2H3;2*1-2H3;1-2H2/t12-;;;;/m1..../s1. The lowest BCUT2D eigenvalue weighted by Crippen LogP contribution is -2.11. The smallest absolute Gasteiger partial charge is 0.213 e. The summed E-state index contributed by atoms with van der Waals surface area (Å²) < 4.78 is 5.50. The van der Waals surface area contributed by atoms with E-state index >= 15 is 0 Å². The van der Waals surface area contributed by atoms with Crippen molar-refractivity contribution in [2.45, 2.75) is 95.4 Å². The fourth-order valence-electron chi connectivity index (χ4n) is 2.69. The number of aliphatic hydroxyl groups is 1. The number of aliphatic hydroxyl groups excluding tert-OH is 1. The van der Waals surface area contributed by atoms with Gasteiger partial charge in [0.25, 0.3) is 0 Å². The molecule has 1 N–H and O–H groups in total. The van der Waals surface area contributed by atoms with Crippen molar-refractivity contribution in [1.82, 2.24) is 15.0 Å². The minimum absolute atomic E-state index is 0.157. The number of ether oxygens (including phenoxy) is 1. The van der Waals surface area contributed by atoms with E-state index in [1.807, 2.05) is 67.5 Å². The van der Waals surface area contributed by atoms with Gasteiger partial charge in [-0.1, -0.05) is 61.8 Å². The second kappa shape index (κ2) is 22.9. The molecule has 2 aromatic heterocycles. The summed E-state index contributed by atoms with van der Waals surface area (Å²) in [5.41, 5.74) is 5.60. The van der Waals surface area contributed by atoms with E-state index < -0.39 is 0 Å². The molecule has 2 aromatic rings. The Bertz CT molecular complexity index is 733. The summed E-state index contributed by atoms with van der Waals surface area (Å²) in [7, 11) is 0. The quantitative estimate of drug-likeness (QED) is 0.431. The molecule has 0 aliphatic carbocycles. The molecular formula is C28H51N3O2. The highest BCUT2D eigenvalue weighted by Crippen LogP contribution is 2.27. The summed E-state index contributed by atoms with van der Waals surface area (Å²) in [6.45, 7) is 29.0. The highest BCUT2D eigenvalue weighted by atomic mass is 16.5. The van der Waals surface area contributed by atoms with Crippen LogP contribution >= 0.6 is 0 Å². The Labute approximate surface area is 204 Å². The predicted molar refractivity (Wildman–Crippen MR) is 145 cm³/mol. The molecular weight excluding hydrogens is 410 g/mol. The topological polar surface area (TPSA) is 68.1 Å². The van der Waals surface area contributed by atoms with E-state index in [4.69, 9.17) is 14.7 Å². The van der Waals surface area contributed by atoms with Gasteiger partial charge < -0.3 is 9.84 Å². The van der Waals surface area contributed by atoms with Crippen molar-refractivity contribution in [3.8, 4) is 17.1 Å². The highest BCUT2D eigenvalue weighted by molar-refractivity contribution is 5.65. The third-order valence-electron chi connectivity index (χ3n) is 4.03. The molecule has 0 unspecified atom stereocenters. The van der Waals surface area contributed by atoms with Crippen LogP contribution in [0.4, 0.5) is 0 Å². The van der Waals surface area contributed by atoms with Crippen LogP contribution in [0, 0.1) is 19.8 Å². The van der Waals surface area contributed by atoms with Crippen LogP contribution in [-0.4, -0.2) is 33.3 Å². The second-order valence-electron chi connectivity index (χ2n) is 6.82. The van der Waals surface area contributed by atoms with Crippen LogP contribution in [0.1, 0.15) is 91.5 Å². The van der Waals surface area contributed by atoms with Crippen molar-refractivity contribution in [2.24, 2.45) is 5.92 Å². The molecule has 0 aliphatic heterocycles. The molecule has 0 saturated heterocycles. The lowest BCUT2D eigenvalue weighted by molar-refractivity contribution is 0.236.